The Bertz CT molecular complexity index is 117. The van der Waals surface area contributed by atoms with E-state index < -0.39 is 12.2 Å². The van der Waals surface area contributed by atoms with Gasteiger partial charge in [-0.3, -0.25) is 0 Å². The van der Waals surface area contributed by atoms with Crippen LogP contribution in [0.2, 0.25) is 0 Å². The fourth-order valence-electron chi connectivity index (χ4n) is 0.800. The molecule has 0 aliphatic rings. The summed E-state index contributed by atoms with van der Waals surface area (Å²) >= 11 is 3.29. The van der Waals surface area contributed by atoms with Crippen molar-refractivity contribution in [3.63, 3.8) is 0 Å². The summed E-state index contributed by atoms with van der Waals surface area (Å²) in [5.41, 5.74) is 0. The highest BCUT2D eigenvalue weighted by Gasteiger charge is 2.20. The summed E-state index contributed by atoms with van der Waals surface area (Å²) in [6.45, 7) is 5.42. The molecule has 3 atom stereocenters. The first-order valence-corrected chi connectivity index (χ1v) is 4.67. The Labute approximate surface area is 76.1 Å². The number of rotatable bonds is 5. The standard InChI is InChI=1S/C8H15BrO2/c1-3-5-6(9)8(11)7(10)4-2/h4,6-8,10-11H,2-3,5H2,1H3/t6-,7-,8-/m0/s1. The molecule has 3 heteroatoms. The molecule has 0 bridgehead atoms. The van der Waals surface area contributed by atoms with Crippen LogP contribution in [-0.4, -0.2) is 27.2 Å². The first-order chi connectivity index (χ1) is 5.13. The molecule has 66 valence electrons. The Kier molecular flexibility index (Phi) is 5.82. The molecule has 0 unspecified atom stereocenters. The predicted octanol–water partition coefficient (Wildman–Crippen LogP) is 1.46. The topological polar surface area (TPSA) is 40.5 Å². The van der Waals surface area contributed by atoms with Crippen LogP contribution in [0.3, 0.4) is 0 Å². The van der Waals surface area contributed by atoms with Gasteiger partial charge in [-0.1, -0.05) is 35.4 Å². The van der Waals surface area contributed by atoms with E-state index in [1.807, 2.05) is 6.92 Å². The molecule has 11 heavy (non-hydrogen) atoms. The maximum absolute atomic E-state index is 9.35. The van der Waals surface area contributed by atoms with Crippen molar-refractivity contribution < 1.29 is 10.2 Å². The van der Waals surface area contributed by atoms with Gasteiger partial charge in [0.1, 0.15) is 0 Å². The third-order valence-electron chi connectivity index (χ3n) is 1.53. The molecule has 0 spiro atoms. The van der Waals surface area contributed by atoms with Crippen LogP contribution in [0, 0.1) is 0 Å². The first kappa shape index (κ1) is 11.1. The van der Waals surface area contributed by atoms with Gasteiger partial charge in [0.2, 0.25) is 0 Å². The highest BCUT2D eigenvalue weighted by atomic mass is 79.9. The predicted molar refractivity (Wildman–Crippen MR) is 49.8 cm³/mol. The van der Waals surface area contributed by atoms with Gasteiger partial charge in [-0.25, -0.2) is 0 Å². The van der Waals surface area contributed by atoms with Gasteiger partial charge in [0.05, 0.1) is 12.2 Å². The van der Waals surface area contributed by atoms with Gasteiger partial charge in [-0.05, 0) is 6.42 Å². The lowest BCUT2D eigenvalue weighted by molar-refractivity contribution is 0.0475. The van der Waals surface area contributed by atoms with Crippen LogP contribution in [0.25, 0.3) is 0 Å². The largest absolute Gasteiger partial charge is 0.389 e. The molecular formula is C8H15BrO2. The molecule has 0 fully saturated rings. The summed E-state index contributed by atoms with van der Waals surface area (Å²) in [6, 6.07) is 0. The van der Waals surface area contributed by atoms with Gasteiger partial charge in [-0.2, -0.15) is 0 Å². The Morgan fingerprint density at radius 1 is 1.55 bits per heavy atom. The zero-order chi connectivity index (χ0) is 8.85. The van der Waals surface area contributed by atoms with Crippen molar-refractivity contribution in [1.82, 2.24) is 0 Å². The van der Waals surface area contributed by atoms with Crippen molar-refractivity contribution >= 4 is 15.9 Å². The summed E-state index contributed by atoms with van der Waals surface area (Å²) in [5, 5.41) is 18.5. The van der Waals surface area contributed by atoms with Gasteiger partial charge < -0.3 is 10.2 Å². The number of hydrogen-bond donors (Lipinski definition) is 2. The van der Waals surface area contributed by atoms with Crippen LogP contribution in [-0.2, 0) is 0 Å². The average molecular weight is 223 g/mol. The van der Waals surface area contributed by atoms with Gasteiger partial charge >= 0.3 is 0 Å². The minimum Gasteiger partial charge on any atom is -0.389 e. The minimum absolute atomic E-state index is 0.0412. The zero-order valence-corrected chi connectivity index (χ0v) is 8.29. The van der Waals surface area contributed by atoms with Crippen molar-refractivity contribution in [3.8, 4) is 0 Å². The van der Waals surface area contributed by atoms with E-state index in [4.69, 9.17) is 5.11 Å². The van der Waals surface area contributed by atoms with Crippen LogP contribution in [0.1, 0.15) is 19.8 Å². The fraction of sp³-hybridized carbons (Fsp3) is 0.750. The molecule has 0 saturated carbocycles. The molecule has 0 aromatic heterocycles. The number of halogens is 1. The van der Waals surface area contributed by atoms with Crippen molar-refractivity contribution in [2.75, 3.05) is 0 Å². The number of aliphatic hydroxyl groups is 2. The Hall–Kier alpha value is 0.140. The molecule has 0 amide bonds. The molecule has 0 saturated heterocycles. The van der Waals surface area contributed by atoms with E-state index in [0.717, 1.165) is 12.8 Å². The van der Waals surface area contributed by atoms with Gasteiger partial charge in [0, 0.05) is 4.83 Å². The summed E-state index contributed by atoms with van der Waals surface area (Å²) in [4.78, 5) is -0.0412. The molecule has 2 N–H and O–H groups in total. The highest BCUT2D eigenvalue weighted by molar-refractivity contribution is 9.09. The highest BCUT2D eigenvalue weighted by Crippen LogP contribution is 2.15. The van der Waals surface area contributed by atoms with Crippen LogP contribution in [0.5, 0.6) is 0 Å². The molecule has 0 radical (unpaired) electrons. The average Bonchev–Trinajstić information content (AvgIpc) is 2.02. The smallest absolute Gasteiger partial charge is 0.0988 e. The van der Waals surface area contributed by atoms with Crippen LogP contribution < -0.4 is 0 Å². The maximum atomic E-state index is 9.35. The monoisotopic (exact) mass is 222 g/mol. The molecule has 0 aromatic rings. The zero-order valence-electron chi connectivity index (χ0n) is 6.70. The Balaban J connectivity index is 3.79. The quantitative estimate of drug-likeness (QED) is 0.547. The lowest BCUT2D eigenvalue weighted by Crippen LogP contribution is -2.32. The summed E-state index contributed by atoms with van der Waals surface area (Å²) in [7, 11) is 0. The Morgan fingerprint density at radius 2 is 2.09 bits per heavy atom. The van der Waals surface area contributed by atoms with Crippen molar-refractivity contribution in [1.29, 1.82) is 0 Å². The maximum Gasteiger partial charge on any atom is 0.0988 e. The normalized spacial score (nSPS) is 18.9. The van der Waals surface area contributed by atoms with E-state index in [0.29, 0.717) is 0 Å². The number of alkyl halides is 1. The summed E-state index contributed by atoms with van der Waals surface area (Å²) < 4.78 is 0. The summed E-state index contributed by atoms with van der Waals surface area (Å²) in [6.07, 6.45) is 1.61. The van der Waals surface area contributed by atoms with Gasteiger partial charge in [-0.15, -0.1) is 6.58 Å². The number of aliphatic hydroxyl groups excluding tert-OH is 2. The lowest BCUT2D eigenvalue weighted by Gasteiger charge is -2.19. The minimum atomic E-state index is -0.828. The second-order valence-corrected chi connectivity index (χ2v) is 3.70. The molecule has 0 rings (SSSR count). The SMILES string of the molecule is C=C[C@H](O)[C@@H](O)[C@@H](Br)CCC. The lowest BCUT2D eigenvalue weighted by atomic mass is 10.1. The Morgan fingerprint density at radius 3 is 2.45 bits per heavy atom. The molecular weight excluding hydrogens is 208 g/mol. The first-order valence-electron chi connectivity index (χ1n) is 3.76. The van der Waals surface area contributed by atoms with Gasteiger partial charge in [0.15, 0.2) is 0 Å². The molecule has 0 heterocycles. The van der Waals surface area contributed by atoms with Crippen LogP contribution in [0.4, 0.5) is 0 Å². The van der Waals surface area contributed by atoms with Gasteiger partial charge in [0.25, 0.3) is 0 Å². The van der Waals surface area contributed by atoms with E-state index in [2.05, 4.69) is 22.5 Å². The van der Waals surface area contributed by atoms with Crippen LogP contribution in [0.15, 0.2) is 12.7 Å². The van der Waals surface area contributed by atoms with Crippen LogP contribution >= 0.6 is 15.9 Å². The summed E-state index contributed by atoms with van der Waals surface area (Å²) in [5.74, 6) is 0. The second kappa shape index (κ2) is 5.75. The van der Waals surface area contributed by atoms with E-state index in [9.17, 15) is 5.11 Å². The molecule has 0 aromatic carbocycles. The second-order valence-electron chi connectivity index (χ2n) is 2.52. The van der Waals surface area contributed by atoms with E-state index in [-0.39, 0.29) is 4.83 Å². The van der Waals surface area contributed by atoms with E-state index >= 15 is 0 Å². The van der Waals surface area contributed by atoms with Crippen molar-refractivity contribution in [3.05, 3.63) is 12.7 Å². The van der Waals surface area contributed by atoms with Crippen molar-refractivity contribution in [2.24, 2.45) is 0 Å². The molecule has 0 aliphatic carbocycles. The third-order valence-corrected chi connectivity index (χ3v) is 2.53. The molecule has 2 nitrogen and oxygen atoms in total. The third kappa shape index (κ3) is 3.89. The van der Waals surface area contributed by atoms with E-state index in [1.165, 1.54) is 6.08 Å². The van der Waals surface area contributed by atoms with Crippen molar-refractivity contribution in [2.45, 2.75) is 36.8 Å². The van der Waals surface area contributed by atoms with E-state index in [1.54, 1.807) is 0 Å². The number of hydrogen-bond acceptors (Lipinski definition) is 2. The fourth-order valence-corrected chi connectivity index (χ4v) is 1.57. The molecule has 0 aliphatic heterocycles.